The standard InChI is InChI=1S/C20H20N4O2/c1-24-12-11-16-17(3-2-4-18(16)24)19(25)21-13-5-7-14(8-6-13)22-20(26)23-15-9-10-15/h2-8,11-12,15H,9-10H2,1H3,(H,21,25)(H2,22,23,26). The van der Waals surface area contributed by atoms with Crippen molar-refractivity contribution in [2.75, 3.05) is 10.6 Å². The number of aryl methyl sites for hydroxylation is 1. The van der Waals surface area contributed by atoms with E-state index in [-0.39, 0.29) is 11.9 Å². The number of nitrogens with zero attached hydrogens (tertiary/aromatic N) is 1. The third-order valence-electron chi connectivity index (χ3n) is 4.49. The fourth-order valence-electron chi connectivity index (χ4n) is 2.92. The average Bonchev–Trinajstić information content (AvgIpc) is 3.36. The third kappa shape index (κ3) is 3.39. The Kier molecular flexibility index (Phi) is 4.08. The molecule has 6 nitrogen and oxygen atoms in total. The van der Waals surface area contributed by atoms with E-state index in [0.29, 0.717) is 23.0 Å². The van der Waals surface area contributed by atoms with E-state index in [4.69, 9.17) is 0 Å². The summed E-state index contributed by atoms with van der Waals surface area (Å²) in [5.74, 6) is -0.158. The summed E-state index contributed by atoms with van der Waals surface area (Å²) in [5.41, 5.74) is 3.01. The fourth-order valence-corrected chi connectivity index (χ4v) is 2.92. The number of carbonyl (C=O) groups is 2. The lowest BCUT2D eigenvalue weighted by molar-refractivity contribution is 0.102. The van der Waals surface area contributed by atoms with Gasteiger partial charge in [0.05, 0.1) is 0 Å². The summed E-state index contributed by atoms with van der Waals surface area (Å²) >= 11 is 0. The van der Waals surface area contributed by atoms with E-state index in [1.165, 1.54) is 0 Å². The van der Waals surface area contributed by atoms with Crippen molar-refractivity contribution in [2.45, 2.75) is 18.9 Å². The van der Waals surface area contributed by atoms with Gasteiger partial charge in [-0.25, -0.2) is 4.79 Å². The van der Waals surface area contributed by atoms with Crippen LogP contribution in [0.15, 0.2) is 54.7 Å². The zero-order chi connectivity index (χ0) is 18.1. The van der Waals surface area contributed by atoms with E-state index in [0.717, 1.165) is 23.7 Å². The van der Waals surface area contributed by atoms with E-state index in [1.807, 2.05) is 42.1 Å². The SMILES string of the molecule is Cn1ccc2c(C(=O)Nc3ccc(NC(=O)NC4CC4)cc3)cccc21. The molecule has 3 amide bonds. The van der Waals surface area contributed by atoms with Gasteiger partial charge in [-0.1, -0.05) is 6.07 Å². The third-order valence-corrected chi connectivity index (χ3v) is 4.49. The molecule has 4 rings (SSSR count). The van der Waals surface area contributed by atoms with Gasteiger partial charge >= 0.3 is 6.03 Å². The number of nitrogens with one attached hydrogen (secondary N) is 3. The normalized spacial score (nSPS) is 13.4. The number of fused-ring (bicyclic) bond motifs is 1. The Bertz CT molecular complexity index is 971. The van der Waals surface area contributed by atoms with E-state index >= 15 is 0 Å². The van der Waals surface area contributed by atoms with E-state index < -0.39 is 0 Å². The summed E-state index contributed by atoms with van der Waals surface area (Å²) in [7, 11) is 1.95. The number of hydrogen-bond acceptors (Lipinski definition) is 2. The first-order valence-electron chi connectivity index (χ1n) is 8.63. The van der Waals surface area contributed by atoms with Crippen LogP contribution in [0.2, 0.25) is 0 Å². The van der Waals surface area contributed by atoms with Crippen molar-refractivity contribution in [3.05, 3.63) is 60.3 Å². The molecule has 0 radical (unpaired) electrons. The van der Waals surface area contributed by atoms with Crippen molar-refractivity contribution in [3.8, 4) is 0 Å². The van der Waals surface area contributed by atoms with Gasteiger partial charge in [-0.3, -0.25) is 4.79 Å². The van der Waals surface area contributed by atoms with Gasteiger partial charge in [-0.15, -0.1) is 0 Å². The van der Waals surface area contributed by atoms with Crippen molar-refractivity contribution in [1.82, 2.24) is 9.88 Å². The molecule has 132 valence electrons. The molecule has 0 spiro atoms. The van der Waals surface area contributed by atoms with Crippen LogP contribution in [0.5, 0.6) is 0 Å². The minimum absolute atomic E-state index is 0.158. The first kappa shape index (κ1) is 16.2. The lowest BCUT2D eigenvalue weighted by Crippen LogP contribution is -2.30. The summed E-state index contributed by atoms with van der Waals surface area (Å²) in [6, 6.07) is 14.8. The van der Waals surface area contributed by atoms with Crippen LogP contribution >= 0.6 is 0 Å². The Morgan fingerprint density at radius 3 is 2.35 bits per heavy atom. The van der Waals surface area contributed by atoms with Gasteiger partial charge in [-0.2, -0.15) is 0 Å². The molecule has 26 heavy (non-hydrogen) atoms. The lowest BCUT2D eigenvalue weighted by atomic mass is 10.1. The molecular formula is C20H20N4O2. The van der Waals surface area contributed by atoms with Crippen LogP contribution in [0, 0.1) is 0 Å². The first-order valence-corrected chi connectivity index (χ1v) is 8.63. The van der Waals surface area contributed by atoms with Crippen molar-refractivity contribution < 1.29 is 9.59 Å². The molecule has 3 N–H and O–H groups in total. The van der Waals surface area contributed by atoms with Crippen molar-refractivity contribution in [3.63, 3.8) is 0 Å². The fraction of sp³-hybridized carbons (Fsp3) is 0.200. The monoisotopic (exact) mass is 348 g/mol. The topological polar surface area (TPSA) is 75.2 Å². The Morgan fingerprint density at radius 1 is 0.962 bits per heavy atom. The molecule has 6 heteroatoms. The second kappa shape index (κ2) is 6.55. The number of urea groups is 1. The second-order valence-corrected chi connectivity index (χ2v) is 6.57. The zero-order valence-corrected chi connectivity index (χ0v) is 14.5. The highest BCUT2D eigenvalue weighted by molar-refractivity contribution is 6.12. The number of benzene rings is 2. The Morgan fingerprint density at radius 2 is 1.65 bits per heavy atom. The highest BCUT2D eigenvalue weighted by Gasteiger charge is 2.23. The Hall–Kier alpha value is -3.28. The maximum atomic E-state index is 12.6. The van der Waals surface area contributed by atoms with Crippen LogP contribution in [0.1, 0.15) is 23.2 Å². The van der Waals surface area contributed by atoms with Crippen LogP contribution in [0.3, 0.4) is 0 Å². The first-order chi connectivity index (χ1) is 12.6. The lowest BCUT2D eigenvalue weighted by Gasteiger charge is -2.09. The summed E-state index contributed by atoms with van der Waals surface area (Å²) in [4.78, 5) is 24.4. The van der Waals surface area contributed by atoms with Crippen LogP contribution < -0.4 is 16.0 Å². The number of hydrogen-bond donors (Lipinski definition) is 3. The van der Waals surface area contributed by atoms with Crippen LogP contribution in [-0.2, 0) is 7.05 Å². The maximum absolute atomic E-state index is 12.6. The second-order valence-electron chi connectivity index (χ2n) is 6.57. The molecule has 1 heterocycles. The predicted molar refractivity (Wildman–Crippen MR) is 102 cm³/mol. The highest BCUT2D eigenvalue weighted by atomic mass is 16.2. The van der Waals surface area contributed by atoms with Crippen LogP contribution in [0.25, 0.3) is 10.9 Å². The molecule has 2 aromatic carbocycles. The van der Waals surface area contributed by atoms with Gasteiger partial charge in [0.15, 0.2) is 0 Å². The Labute approximate surface area is 151 Å². The molecular weight excluding hydrogens is 328 g/mol. The smallest absolute Gasteiger partial charge is 0.319 e. The molecule has 1 aliphatic rings. The average molecular weight is 348 g/mol. The summed E-state index contributed by atoms with van der Waals surface area (Å²) < 4.78 is 1.99. The predicted octanol–water partition coefficient (Wildman–Crippen LogP) is 3.71. The minimum Gasteiger partial charge on any atom is -0.351 e. The molecule has 0 atom stereocenters. The van der Waals surface area contributed by atoms with Crippen LogP contribution in [-0.4, -0.2) is 22.5 Å². The molecule has 1 aromatic heterocycles. The van der Waals surface area contributed by atoms with Gasteiger partial charge in [0.2, 0.25) is 0 Å². The Balaban J connectivity index is 1.44. The summed E-state index contributed by atoms with van der Waals surface area (Å²) in [6.07, 6.45) is 4.04. The number of amides is 3. The van der Waals surface area contributed by atoms with Crippen molar-refractivity contribution in [1.29, 1.82) is 0 Å². The molecule has 1 saturated carbocycles. The van der Waals surface area contributed by atoms with Crippen molar-refractivity contribution >= 4 is 34.2 Å². The molecule has 1 fully saturated rings. The number of rotatable bonds is 4. The largest absolute Gasteiger partial charge is 0.351 e. The molecule has 1 aliphatic carbocycles. The number of aromatic nitrogens is 1. The number of anilines is 2. The van der Waals surface area contributed by atoms with Crippen molar-refractivity contribution in [2.24, 2.45) is 7.05 Å². The zero-order valence-electron chi connectivity index (χ0n) is 14.5. The summed E-state index contributed by atoms with van der Waals surface area (Å²) in [6.45, 7) is 0. The van der Waals surface area contributed by atoms with Gasteiger partial charge in [0.1, 0.15) is 0 Å². The minimum atomic E-state index is -0.194. The van der Waals surface area contributed by atoms with Gasteiger partial charge < -0.3 is 20.5 Å². The molecule has 3 aromatic rings. The number of carbonyl (C=O) groups excluding carboxylic acids is 2. The van der Waals surface area contributed by atoms with E-state index in [2.05, 4.69) is 16.0 Å². The summed E-state index contributed by atoms with van der Waals surface area (Å²) in [5, 5.41) is 9.48. The van der Waals surface area contributed by atoms with E-state index in [9.17, 15) is 9.59 Å². The van der Waals surface area contributed by atoms with Crippen LogP contribution in [0.4, 0.5) is 16.2 Å². The molecule has 0 aliphatic heterocycles. The van der Waals surface area contributed by atoms with E-state index in [1.54, 1.807) is 24.3 Å². The molecule has 0 saturated heterocycles. The van der Waals surface area contributed by atoms with Gasteiger partial charge in [0, 0.05) is 47.1 Å². The molecule has 0 unspecified atom stereocenters. The van der Waals surface area contributed by atoms with Gasteiger partial charge in [-0.05, 0) is 55.3 Å². The molecule has 0 bridgehead atoms. The van der Waals surface area contributed by atoms with Gasteiger partial charge in [0.25, 0.3) is 5.91 Å². The maximum Gasteiger partial charge on any atom is 0.319 e. The highest BCUT2D eigenvalue weighted by Crippen LogP contribution is 2.22. The quantitative estimate of drug-likeness (QED) is 0.672.